The molecule has 0 bridgehead atoms. The van der Waals surface area contributed by atoms with Gasteiger partial charge in [-0.15, -0.1) is 0 Å². The topological polar surface area (TPSA) is 83.3 Å². The van der Waals surface area contributed by atoms with E-state index in [4.69, 9.17) is 5.11 Å². The van der Waals surface area contributed by atoms with Crippen LogP contribution in [0.1, 0.15) is 16.1 Å². The number of aromatic nitrogens is 2. The van der Waals surface area contributed by atoms with Gasteiger partial charge in [0.2, 0.25) is 0 Å². The lowest BCUT2D eigenvalue weighted by Gasteiger charge is -2.10. The minimum absolute atomic E-state index is 0.296. The molecule has 3 rings (SSSR count). The monoisotopic (exact) mass is 280 g/mol. The van der Waals surface area contributed by atoms with E-state index in [0.717, 1.165) is 16.3 Å². The lowest BCUT2D eigenvalue weighted by Crippen LogP contribution is -2.02. The lowest BCUT2D eigenvalue weighted by molar-refractivity contribution is 0.0687. The van der Waals surface area contributed by atoms with Crippen molar-refractivity contribution in [3.8, 4) is 16.9 Å². The van der Waals surface area contributed by atoms with Crippen LogP contribution in [-0.2, 0) is 0 Å². The zero-order valence-corrected chi connectivity index (χ0v) is 11.2. The minimum atomic E-state index is -1.24. The summed E-state index contributed by atoms with van der Waals surface area (Å²) in [4.78, 5) is 18.9. The van der Waals surface area contributed by atoms with Gasteiger partial charge in [-0.3, -0.25) is 4.98 Å². The van der Waals surface area contributed by atoms with Crippen LogP contribution in [0.4, 0.5) is 0 Å². The van der Waals surface area contributed by atoms with E-state index in [2.05, 4.69) is 9.97 Å². The van der Waals surface area contributed by atoms with Crippen molar-refractivity contribution in [1.29, 1.82) is 0 Å². The average Bonchev–Trinajstić information content (AvgIpc) is 2.49. The number of fused-ring (bicyclic) bond motifs is 1. The minimum Gasteiger partial charge on any atom is -0.505 e. The number of hydrogen-bond acceptors (Lipinski definition) is 4. The van der Waals surface area contributed by atoms with Crippen molar-refractivity contribution in [2.24, 2.45) is 0 Å². The molecule has 0 aliphatic heterocycles. The highest BCUT2D eigenvalue weighted by Crippen LogP contribution is 2.32. The third-order valence-corrected chi connectivity index (χ3v) is 3.46. The van der Waals surface area contributed by atoms with E-state index in [9.17, 15) is 9.90 Å². The van der Waals surface area contributed by atoms with Crippen molar-refractivity contribution >= 4 is 16.7 Å². The first kappa shape index (κ1) is 13.1. The van der Waals surface area contributed by atoms with Gasteiger partial charge in [-0.25, -0.2) is 9.78 Å². The smallest absolute Gasteiger partial charge is 0.358 e. The molecule has 0 aliphatic carbocycles. The van der Waals surface area contributed by atoms with Gasteiger partial charge in [0.1, 0.15) is 0 Å². The highest BCUT2D eigenvalue weighted by atomic mass is 16.4. The van der Waals surface area contributed by atoms with Crippen LogP contribution in [0.5, 0.6) is 5.75 Å². The second kappa shape index (κ2) is 4.86. The van der Waals surface area contributed by atoms with E-state index in [1.54, 1.807) is 19.3 Å². The van der Waals surface area contributed by atoms with Crippen molar-refractivity contribution in [3.63, 3.8) is 0 Å². The van der Waals surface area contributed by atoms with Crippen molar-refractivity contribution in [1.82, 2.24) is 9.97 Å². The van der Waals surface area contributed by atoms with E-state index >= 15 is 0 Å². The maximum absolute atomic E-state index is 11.0. The normalized spacial score (nSPS) is 10.7. The molecule has 3 aromatic rings. The van der Waals surface area contributed by atoms with E-state index in [1.807, 2.05) is 24.3 Å². The molecule has 5 nitrogen and oxygen atoms in total. The van der Waals surface area contributed by atoms with Gasteiger partial charge in [-0.1, -0.05) is 12.1 Å². The van der Waals surface area contributed by atoms with Crippen molar-refractivity contribution < 1.29 is 15.0 Å². The van der Waals surface area contributed by atoms with Crippen molar-refractivity contribution in [3.05, 3.63) is 54.1 Å². The molecule has 2 aromatic heterocycles. The van der Waals surface area contributed by atoms with Gasteiger partial charge >= 0.3 is 5.97 Å². The summed E-state index contributed by atoms with van der Waals surface area (Å²) in [5.74, 6) is -1.54. The number of aromatic carboxylic acids is 1. The van der Waals surface area contributed by atoms with Gasteiger partial charge in [0.15, 0.2) is 11.4 Å². The lowest BCUT2D eigenvalue weighted by atomic mass is 9.99. The van der Waals surface area contributed by atoms with Crippen LogP contribution in [0.3, 0.4) is 0 Å². The molecule has 5 heteroatoms. The molecule has 0 spiro atoms. The van der Waals surface area contributed by atoms with Crippen LogP contribution in [0.25, 0.3) is 21.9 Å². The first-order chi connectivity index (χ1) is 10.1. The van der Waals surface area contributed by atoms with Gasteiger partial charge in [-0.05, 0) is 30.0 Å². The Bertz CT molecular complexity index is 859. The molecule has 0 aliphatic rings. The maximum Gasteiger partial charge on any atom is 0.358 e. The summed E-state index contributed by atoms with van der Waals surface area (Å²) in [6.07, 6.45) is 4.96. The molecule has 0 saturated carbocycles. The number of hydrogen-bond donors (Lipinski definition) is 2. The highest BCUT2D eigenvalue weighted by Gasteiger charge is 2.16. The van der Waals surface area contributed by atoms with Gasteiger partial charge in [0.05, 0.1) is 0 Å². The summed E-state index contributed by atoms with van der Waals surface area (Å²) in [6, 6.07) is 7.68. The largest absolute Gasteiger partial charge is 0.505 e. The molecule has 104 valence electrons. The Morgan fingerprint density at radius 1 is 1.14 bits per heavy atom. The van der Waals surface area contributed by atoms with Crippen LogP contribution in [0.2, 0.25) is 0 Å². The predicted octanol–water partition coefficient (Wildman–Crippen LogP) is 3.01. The molecular formula is C16H12N2O3. The fourth-order valence-electron chi connectivity index (χ4n) is 2.29. The standard InChI is InChI=1S/C16H12N2O3/c1-9-13(8-18-14(15(9)19)16(20)21)11-2-3-12-7-17-5-4-10(12)6-11/h2-8,19H,1H3,(H,20,21). The number of benzene rings is 1. The number of nitrogens with zero attached hydrogens (tertiary/aromatic N) is 2. The van der Waals surface area contributed by atoms with Gasteiger partial charge in [0.25, 0.3) is 0 Å². The number of carbonyl (C=O) groups is 1. The quantitative estimate of drug-likeness (QED) is 0.754. The van der Waals surface area contributed by atoms with Crippen LogP contribution >= 0.6 is 0 Å². The molecule has 21 heavy (non-hydrogen) atoms. The summed E-state index contributed by atoms with van der Waals surface area (Å²) >= 11 is 0. The molecule has 1 aromatic carbocycles. The number of aromatic hydroxyl groups is 1. The molecule has 0 amide bonds. The molecule has 0 saturated heterocycles. The molecule has 0 radical (unpaired) electrons. The third kappa shape index (κ3) is 2.18. The number of rotatable bonds is 2. The SMILES string of the molecule is Cc1c(-c2ccc3cnccc3c2)cnc(C(=O)O)c1O. The molecule has 2 N–H and O–H groups in total. The molecule has 0 fully saturated rings. The van der Waals surface area contributed by atoms with Crippen LogP contribution in [0.15, 0.2) is 42.9 Å². The first-order valence-corrected chi connectivity index (χ1v) is 6.34. The molecule has 0 unspecified atom stereocenters. The Kier molecular flexibility index (Phi) is 3.02. The van der Waals surface area contributed by atoms with E-state index in [-0.39, 0.29) is 11.4 Å². The van der Waals surface area contributed by atoms with Crippen molar-refractivity contribution in [2.75, 3.05) is 0 Å². The summed E-state index contributed by atoms with van der Waals surface area (Å²) < 4.78 is 0. The zero-order chi connectivity index (χ0) is 15.0. The summed E-state index contributed by atoms with van der Waals surface area (Å²) in [7, 11) is 0. The fraction of sp³-hybridized carbons (Fsp3) is 0.0625. The average molecular weight is 280 g/mol. The third-order valence-electron chi connectivity index (χ3n) is 3.46. The predicted molar refractivity (Wildman–Crippen MR) is 78.3 cm³/mol. The molecule has 0 atom stereocenters. The van der Waals surface area contributed by atoms with Gasteiger partial charge in [-0.2, -0.15) is 0 Å². The molecular weight excluding hydrogens is 268 g/mol. The Morgan fingerprint density at radius 3 is 2.71 bits per heavy atom. The highest BCUT2D eigenvalue weighted by molar-refractivity contribution is 5.91. The Labute approximate surface area is 120 Å². The van der Waals surface area contributed by atoms with E-state index in [0.29, 0.717) is 11.1 Å². The Hall–Kier alpha value is -2.95. The summed E-state index contributed by atoms with van der Waals surface area (Å²) in [5.41, 5.74) is 1.74. The van der Waals surface area contributed by atoms with Crippen LogP contribution < -0.4 is 0 Å². The summed E-state index contributed by atoms with van der Waals surface area (Å²) in [6.45, 7) is 1.68. The van der Waals surface area contributed by atoms with E-state index < -0.39 is 5.97 Å². The van der Waals surface area contributed by atoms with Gasteiger partial charge in [0, 0.05) is 35.1 Å². The second-order valence-electron chi connectivity index (χ2n) is 4.74. The molecule has 2 heterocycles. The first-order valence-electron chi connectivity index (χ1n) is 6.34. The number of pyridine rings is 2. The van der Waals surface area contributed by atoms with Crippen molar-refractivity contribution in [2.45, 2.75) is 6.92 Å². The van der Waals surface area contributed by atoms with Gasteiger partial charge < -0.3 is 10.2 Å². The Balaban J connectivity index is 2.18. The van der Waals surface area contributed by atoms with Crippen LogP contribution in [0, 0.1) is 6.92 Å². The fourth-order valence-corrected chi connectivity index (χ4v) is 2.29. The van der Waals surface area contributed by atoms with E-state index in [1.165, 1.54) is 6.20 Å². The summed E-state index contributed by atoms with van der Waals surface area (Å²) in [5, 5.41) is 21.0. The van der Waals surface area contributed by atoms with Crippen LogP contribution in [-0.4, -0.2) is 26.2 Å². The number of carboxylic acid groups (broad SMARTS) is 1. The number of carboxylic acids is 1. The Morgan fingerprint density at radius 2 is 1.95 bits per heavy atom. The second-order valence-corrected chi connectivity index (χ2v) is 4.74. The maximum atomic E-state index is 11.0. The zero-order valence-electron chi connectivity index (χ0n) is 11.2.